The van der Waals surface area contributed by atoms with Crippen molar-refractivity contribution in [1.82, 2.24) is 15.1 Å². The lowest BCUT2D eigenvalue weighted by atomic mass is 10.1. The summed E-state index contributed by atoms with van der Waals surface area (Å²) in [5.41, 5.74) is -0.151. The average Bonchev–Trinajstić information content (AvgIpc) is 2.81. The van der Waals surface area contributed by atoms with Crippen LogP contribution in [0.2, 0.25) is 0 Å². The zero-order chi connectivity index (χ0) is 19.5. The smallest absolute Gasteiger partial charge is 0.416 e. The lowest BCUT2D eigenvalue weighted by Gasteiger charge is -2.22. The van der Waals surface area contributed by atoms with E-state index in [1.807, 2.05) is 0 Å². The van der Waals surface area contributed by atoms with Crippen molar-refractivity contribution >= 4 is 17.9 Å². The van der Waals surface area contributed by atoms with Crippen molar-refractivity contribution in [3.8, 4) is 0 Å². The predicted octanol–water partition coefficient (Wildman–Crippen LogP) is 1.58. The van der Waals surface area contributed by atoms with Crippen LogP contribution in [0.3, 0.4) is 0 Å². The Balaban J connectivity index is 1.95. The van der Waals surface area contributed by atoms with Crippen LogP contribution in [0.25, 0.3) is 0 Å². The van der Waals surface area contributed by atoms with Gasteiger partial charge in [0.05, 0.1) is 25.8 Å². The number of carbonyl (C=O) groups excluding carboxylic acids is 3. The molecule has 26 heavy (non-hydrogen) atoms. The molecule has 2 rings (SSSR count). The third kappa shape index (κ3) is 4.72. The van der Waals surface area contributed by atoms with E-state index in [9.17, 15) is 27.6 Å². The Hall–Kier alpha value is -2.62. The van der Waals surface area contributed by atoms with Gasteiger partial charge in [-0.2, -0.15) is 13.2 Å². The molecule has 1 aliphatic heterocycles. The van der Waals surface area contributed by atoms with Gasteiger partial charge in [-0.15, -0.1) is 0 Å². The molecule has 1 atom stereocenters. The first-order chi connectivity index (χ1) is 12.1. The summed E-state index contributed by atoms with van der Waals surface area (Å²) in [6.07, 6.45) is -4.67. The lowest BCUT2D eigenvalue weighted by molar-refractivity contribution is -0.143. The largest absolute Gasteiger partial charge is 0.469 e. The second kappa shape index (κ2) is 7.73. The minimum atomic E-state index is -4.40. The van der Waals surface area contributed by atoms with Crippen LogP contribution in [-0.2, 0) is 27.0 Å². The van der Waals surface area contributed by atoms with Crippen LogP contribution in [0.4, 0.5) is 18.0 Å². The van der Waals surface area contributed by atoms with Gasteiger partial charge in [-0.25, -0.2) is 9.69 Å². The number of benzene rings is 1. The second-order valence-electron chi connectivity index (χ2n) is 5.90. The number of amides is 3. The summed E-state index contributed by atoms with van der Waals surface area (Å²) in [4.78, 5) is 37.9. The molecule has 0 saturated carbocycles. The number of nitrogens with one attached hydrogen (secondary N) is 1. The molecule has 1 unspecified atom stereocenters. The van der Waals surface area contributed by atoms with E-state index >= 15 is 0 Å². The third-order valence-electron chi connectivity index (χ3n) is 3.82. The highest BCUT2D eigenvalue weighted by Gasteiger charge is 2.39. The normalized spacial score (nSPS) is 17.6. The third-order valence-corrected chi connectivity index (χ3v) is 3.82. The predicted molar refractivity (Wildman–Crippen MR) is 83.6 cm³/mol. The fraction of sp³-hybridized carbons (Fsp3) is 0.438. The van der Waals surface area contributed by atoms with E-state index in [1.165, 1.54) is 19.2 Å². The first-order valence-electron chi connectivity index (χ1n) is 7.65. The summed E-state index contributed by atoms with van der Waals surface area (Å²) in [6, 6.07) is 3.01. The van der Waals surface area contributed by atoms with Gasteiger partial charge in [0.2, 0.25) is 0 Å². The number of hydrogen-bond acceptors (Lipinski definition) is 5. The molecular weight excluding hydrogens is 355 g/mol. The summed E-state index contributed by atoms with van der Waals surface area (Å²) >= 11 is 0. The number of esters is 1. The molecule has 0 bridgehead atoms. The van der Waals surface area contributed by atoms with Gasteiger partial charge >= 0.3 is 18.2 Å². The topological polar surface area (TPSA) is 79.0 Å². The minimum Gasteiger partial charge on any atom is -0.469 e. The van der Waals surface area contributed by atoms with Crippen molar-refractivity contribution in [2.45, 2.75) is 25.2 Å². The van der Waals surface area contributed by atoms with E-state index in [1.54, 1.807) is 11.9 Å². The SMILES string of the molecule is COC(=O)CC1NC(=O)N(CN(C)Cc2ccc(C(F)(F)F)cc2)C1=O. The zero-order valence-corrected chi connectivity index (χ0v) is 14.2. The molecule has 0 spiro atoms. The van der Waals surface area contributed by atoms with Gasteiger partial charge in [-0.1, -0.05) is 12.1 Å². The van der Waals surface area contributed by atoms with Gasteiger partial charge < -0.3 is 10.1 Å². The summed E-state index contributed by atoms with van der Waals surface area (Å²) in [6.45, 7) is 0.167. The quantitative estimate of drug-likeness (QED) is 0.605. The molecular formula is C16H18F3N3O4. The summed E-state index contributed by atoms with van der Waals surface area (Å²) in [7, 11) is 2.80. The first-order valence-corrected chi connectivity index (χ1v) is 7.65. The Morgan fingerprint density at radius 3 is 2.42 bits per heavy atom. The van der Waals surface area contributed by atoms with Crippen LogP contribution in [0, 0.1) is 0 Å². The molecule has 1 aromatic rings. The lowest BCUT2D eigenvalue weighted by Crippen LogP contribution is -2.40. The average molecular weight is 373 g/mol. The second-order valence-corrected chi connectivity index (χ2v) is 5.90. The number of rotatable bonds is 6. The molecule has 142 valence electrons. The van der Waals surface area contributed by atoms with Gasteiger partial charge in [-0.3, -0.25) is 14.5 Å². The first kappa shape index (κ1) is 19.7. The van der Waals surface area contributed by atoms with Crippen molar-refractivity contribution in [3.63, 3.8) is 0 Å². The molecule has 1 aromatic carbocycles. The highest BCUT2D eigenvalue weighted by molar-refractivity contribution is 6.05. The van der Waals surface area contributed by atoms with E-state index in [-0.39, 0.29) is 19.6 Å². The Morgan fingerprint density at radius 2 is 1.88 bits per heavy atom. The summed E-state index contributed by atoms with van der Waals surface area (Å²) < 4.78 is 42.2. The maximum absolute atomic E-state index is 12.6. The van der Waals surface area contributed by atoms with E-state index in [4.69, 9.17) is 0 Å². The van der Waals surface area contributed by atoms with E-state index in [2.05, 4.69) is 10.1 Å². The van der Waals surface area contributed by atoms with Gasteiger partial charge in [0.15, 0.2) is 0 Å². The standard InChI is InChI=1S/C16H18F3N3O4/c1-21(8-10-3-5-11(6-4-10)16(17,18)19)9-22-14(24)12(20-15(22)25)7-13(23)26-2/h3-6,12H,7-9H2,1-2H3,(H,20,25). The van der Waals surface area contributed by atoms with Gasteiger partial charge in [0.1, 0.15) is 6.04 Å². The number of ether oxygens (including phenoxy) is 1. The van der Waals surface area contributed by atoms with Crippen LogP contribution in [0.15, 0.2) is 24.3 Å². The molecule has 0 aromatic heterocycles. The van der Waals surface area contributed by atoms with Gasteiger partial charge in [-0.05, 0) is 24.7 Å². The molecule has 1 saturated heterocycles. The maximum atomic E-state index is 12.6. The fourth-order valence-corrected chi connectivity index (χ4v) is 2.50. The Morgan fingerprint density at radius 1 is 1.27 bits per heavy atom. The fourth-order valence-electron chi connectivity index (χ4n) is 2.50. The van der Waals surface area contributed by atoms with Crippen LogP contribution < -0.4 is 5.32 Å². The number of carbonyl (C=O) groups is 3. The summed E-state index contributed by atoms with van der Waals surface area (Å²) in [5.74, 6) is -1.18. The van der Waals surface area contributed by atoms with Crippen molar-refractivity contribution < 1.29 is 32.3 Å². The summed E-state index contributed by atoms with van der Waals surface area (Å²) in [5, 5.41) is 2.40. The number of nitrogens with zero attached hydrogens (tertiary/aromatic N) is 2. The number of alkyl halides is 3. The zero-order valence-electron chi connectivity index (χ0n) is 14.2. The Kier molecular flexibility index (Phi) is 5.86. The molecule has 0 radical (unpaired) electrons. The number of urea groups is 1. The molecule has 7 nitrogen and oxygen atoms in total. The Bertz CT molecular complexity index is 691. The van der Waals surface area contributed by atoms with E-state index < -0.39 is 35.7 Å². The molecule has 3 amide bonds. The highest BCUT2D eigenvalue weighted by Crippen LogP contribution is 2.29. The van der Waals surface area contributed by atoms with Crippen molar-refractivity contribution in [3.05, 3.63) is 35.4 Å². The van der Waals surface area contributed by atoms with E-state index in [0.29, 0.717) is 5.56 Å². The molecule has 1 heterocycles. The Labute approximate surface area is 147 Å². The van der Waals surface area contributed by atoms with Gasteiger partial charge in [0, 0.05) is 6.54 Å². The molecule has 1 N–H and O–H groups in total. The molecule has 10 heteroatoms. The highest BCUT2D eigenvalue weighted by atomic mass is 19.4. The van der Waals surface area contributed by atoms with Crippen molar-refractivity contribution in [2.24, 2.45) is 0 Å². The van der Waals surface area contributed by atoms with Crippen LogP contribution >= 0.6 is 0 Å². The van der Waals surface area contributed by atoms with E-state index in [0.717, 1.165) is 17.0 Å². The van der Waals surface area contributed by atoms with Crippen molar-refractivity contribution in [1.29, 1.82) is 0 Å². The number of halogens is 3. The number of imide groups is 1. The minimum absolute atomic E-state index is 0.0661. The molecule has 0 aliphatic carbocycles. The molecule has 1 aliphatic rings. The van der Waals surface area contributed by atoms with Crippen LogP contribution in [-0.4, -0.2) is 54.6 Å². The maximum Gasteiger partial charge on any atom is 0.416 e. The van der Waals surface area contributed by atoms with Crippen LogP contribution in [0.1, 0.15) is 17.5 Å². The monoisotopic (exact) mass is 373 g/mol. The van der Waals surface area contributed by atoms with Crippen molar-refractivity contribution in [2.75, 3.05) is 20.8 Å². The molecule has 1 fully saturated rings. The number of methoxy groups -OCH3 is 1. The van der Waals surface area contributed by atoms with Gasteiger partial charge in [0.25, 0.3) is 5.91 Å². The van der Waals surface area contributed by atoms with Crippen LogP contribution in [0.5, 0.6) is 0 Å². The number of hydrogen-bond donors (Lipinski definition) is 1.